The first-order valence-corrected chi connectivity index (χ1v) is 7.85. The zero-order valence-corrected chi connectivity index (χ0v) is 14.2. The maximum Gasteiger partial charge on any atom is 0.336 e. The summed E-state index contributed by atoms with van der Waals surface area (Å²) in [5.74, 6) is 0.0112. The average molecular weight is 351 g/mol. The Morgan fingerprint density at radius 2 is 1.75 bits per heavy atom. The predicted octanol–water partition coefficient (Wildman–Crippen LogP) is 1.82. The van der Waals surface area contributed by atoms with Gasteiger partial charge in [0.05, 0.1) is 19.5 Å². The summed E-state index contributed by atoms with van der Waals surface area (Å²) in [6, 6.07) is 14.5. The van der Waals surface area contributed by atoms with E-state index in [-0.39, 0.29) is 5.48 Å². The molecule has 0 bridgehead atoms. The monoisotopic (exact) mass is 351 g/mol. The summed E-state index contributed by atoms with van der Waals surface area (Å²) in [5, 5.41) is 9.80. The molecule has 24 heavy (non-hydrogen) atoms. The third-order valence-electron chi connectivity index (χ3n) is 3.35. The highest BCUT2D eigenvalue weighted by molar-refractivity contribution is 7.99. The Morgan fingerprint density at radius 1 is 1.12 bits per heavy atom. The molecule has 0 spiro atoms. The Balaban J connectivity index is 0.00000288. The van der Waals surface area contributed by atoms with E-state index in [4.69, 9.17) is 10.5 Å². The SMILES string of the molecule is COC(=O)C(O)C(Sc1ccccc1N)c1ccc(OC)cc1.O. The normalized spacial score (nSPS) is 12.6. The van der Waals surface area contributed by atoms with Gasteiger partial charge in [-0.2, -0.15) is 0 Å². The van der Waals surface area contributed by atoms with Gasteiger partial charge in [-0.3, -0.25) is 0 Å². The van der Waals surface area contributed by atoms with Crippen LogP contribution >= 0.6 is 11.8 Å². The predicted molar refractivity (Wildman–Crippen MR) is 94.1 cm³/mol. The lowest BCUT2D eigenvalue weighted by Gasteiger charge is -2.22. The van der Waals surface area contributed by atoms with E-state index in [1.807, 2.05) is 30.3 Å². The molecular weight excluding hydrogens is 330 g/mol. The van der Waals surface area contributed by atoms with Crippen molar-refractivity contribution >= 4 is 23.4 Å². The Bertz CT molecular complexity index is 662. The number of para-hydroxylation sites is 1. The fourth-order valence-corrected chi connectivity index (χ4v) is 3.25. The summed E-state index contributed by atoms with van der Waals surface area (Å²) in [4.78, 5) is 12.6. The molecule has 130 valence electrons. The molecule has 0 aliphatic carbocycles. The Labute approximate surface area is 144 Å². The summed E-state index contributed by atoms with van der Waals surface area (Å²) in [6.45, 7) is 0. The number of esters is 1. The van der Waals surface area contributed by atoms with Gasteiger partial charge in [-0.1, -0.05) is 24.3 Å². The van der Waals surface area contributed by atoms with Crippen LogP contribution in [0.2, 0.25) is 0 Å². The van der Waals surface area contributed by atoms with Crippen LogP contribution in [0, 0.1) is 0 Å². The molecule has 2 atom stereocenters. The Morgan fingerprint density at radius 3 is 2.29 bits per heavy atom. The highest BCUT2D eigenvalue weighted by Crippen LogP contribution is 2.40. The molecule has 0 saturated carbocycles. The third kappa shape index (κ3) is 4.64. The summed E-state index contributed by atoms with van der Waals surface area (Å²) in [6.07, 6.45) is -1.31. The first-order valence-electron chi connectivity index (χ1n) is 6.97. The van der Waals surface area contributed by atoms with Gasteiger partial charge < -0.3 is 25.8 Å². The van der Waals surface area contributed by atoms with E-state index < -0.39 is 17.3 Å². The molecule has 0 radical (unpaired) electrons. The molecule has 2 unspecified atom stereocenters. The van der Waals surface area contributed by atoms with E-state index in [0.717, 1.165) is 10.5 Å². The lowest BCUT2D eigenvalue weighted by Crippen LogP contribution is -2.27. The van der Waals surface area contributed by atoms with E-state index >= 15 is 0 Å². The van der Waals surface area contributed by atoms with E-state index in [9.17, 15) is 9.90 Å². The molecule has 0 fully saturated rings. The number of carbonyl (C=O) groups is 1. The van der Waals surface area contributed by atoms with Crippen LogP contribution in [0.3, 0.4) is 0 Å². The number of nitrogen functional groups attached to an aromatic ring is 1. The number of carbonyl (C=O) groups excluding carboxylic acids is 1. The lowest BCUT2D eigenvalue weighted by atomic mass is 10.1. The number of rotatable bonds is 6. The maximum absolute atomic E-state index is 11.8. The number of aliphatic hydroxyl groups is 1. The van der Waals surface area contributed by atoms with Crippen LogP contribution in [-0.2, 0) is 9.53 Å². The van der Waals surface area contributed by atoms with Gasteiger partial charge in [0, 0.05) is 10.6 Å². The van der Waals surface area contributed by atoms with Crippen molar-refractivity contribution in [2.75, 3.05) is 20.0 Å². The molecule has 2 aromatic rings. The number of nitrogens with two attached hydrogens (primary N) is 1. The van der Waals surface area contributed by atoms with Gasteiger partial charge in [0.15, 0.2) is 6.10 Å². The van der Waals surface area contributed by atoms with Crippen LogP contribution < -0.4 is 10.5 Å². The minimum Gasteiger partial charge on any atom is -0.497 e. The fourth-order valence-electron chi connectivity index (χ4n) is 2.08. The molecule has 7 heteroatoms. The van der Waals surface area contributed by atoms with Crippen LogP contribution in [0.15, 0.2) is 53.4 Å². The van der Waals surface area contributed by atoms with Gasteiger partial charge in [0.2, 0.25) is 0 Å². The van der Waals surface area contributed by atoms with Crippen molar-refractivity contribution in [2.24, 2.45) is 0 Å². The first kappa shape index (κ1) is 19.8. The van der Waals surface area contributed by atoms with Gasteiger partial charge in [-0.25, -0.2) is 4.79 Å². The second kappa shape index (κ2) is 9.17. The topological polar surface area (TPSA) is 113 Å². The second-order valence-corrected chi connectivity index (χ2v) is 6.00. The lowest BCUT2D eigenvalue weighted by molar-refractivity contribution is -0.150. The van der Waals surface area contributed by atoms with Gasteiger partial charge in [0.25, 0.3) is 0 Å². The number of methoxy groups -OCH3 is 2. The first-order chi connectivity index (χ1) is 11.1. The van der Waals surface area contributed by atoms with Gasteiger partial charge in [-0.05, 0) is 29.8 Å². The molecule has 0 aromatic heterocycles. The third-order valence-corrected chi connectivity index (χ3v) is 4.76. The zero-order valence-electron chi connectivity index (χ0n) is 13.4. The van der Waals surface area contributed by atoms with Crippen LogP contribution in [0.25, 0.3) is 0 Å². The zero-order chi connectivity index (χ0) is 16.8. The van der Waals surface area contributed by atoms with Gasteiger partial charge >= 0.3 is 5.97 Å². The largest absolute Gasteiger partial charge is 0.497 e. The molecule has 0 aliphatic rings. The quantitative estimate of drug-likeness (QED) is 0.466. The number of ether oxygens (including phenoxy) is 2. The smallest absolute Gasteiger partial charge is 0.336 e. The molecule has 0 saturated heterocycles. The molecule has 5 N–H and O–H groups in total. The molecular formula is C17H21NO5S. The van der Waals surface area contributed by atoms with Crippen molar-refractivity contribution in [3.05, 3.63) is 54.1 Å². The van der Waals surface area contributed by atoms with Crippen molar-refractivity contribution in [1.82, 2.24) is 0 Å². The van der Waals surface area contributed by atoms with Crippen molar-refractivity contribution in [3.63, 3.8) is 0 Å². The summed E-state index contributed by atoms with van der Waals surface area (Å²) >= 11 is 1.32. The second-order valence-electron chi connectivity index (χ2n) is 4.82. The van der Waals surface area contributed by atoms with Gasteiger partial charge in [0.1, 0.15) is 5.75 Å². The molecule has 0 amide bonds. The standard InChI is InChI=1S/C17H19NO4S.H2O/c1-21-12-9-7-11(8-10-12)16(15(19)17(20)22-2)23-14-6-4-3-5-13(14)18;/h3-10,15-16,19H,18H2,1-2H3;1H2. The summed E-state index contributed by atoms with van der Waals surface area (Å²) < 4.78 is 9.80. The van der Waals surface area contributed by atoms with E-state index in [2.05, 4.69) is 4.74 Å². The number of hydrogen-bond acceptors (Lipinski definition) is 6. The molecule has 0 heterocycles. The average Bonchev–Trinajstić information content (AvgIpc) is 2.60. The number of thioether (sulfide) groups is 1. The molecule has 0 aliphatic heterocycles. The van der Waals surface area contributed by atoms with Crippen LogP contribution in [0.1, 0.15) is 10.8 Å². The van der Waals surface area contributed by atoms with Crippen LogP contribution in [0.4, 0.5) is 5.69 Å². The molecule has 2 rings (SSSR count). The minimum absolute atomic E-state index is 0. The Kier molecular flexibility index (Phi) is 7.57. The Hall–Kier alpha value is -2.22. The van der Waals surface area contributed by atoms with Gasteiger partial charge in [-0.15, -0.1) is 11.8 Å². The fraction of sp³-hybridized carbons (Fsp3) is 0.235. The van der Waals surface area contributed by atoms with Crippen molar-refractivity contribution in [2.45, 2.75) is 16.2 Å². The number of benzene rings is 2. The highest BCUT2D eigenvalue weighted by Gasteiger charge is 2.30. The summed E-state index contributed by atoms with van der Waals surface area (Å²) in [7, 11) is 2.83. The minimum atomic E-state index is -1.31. The van der Waals surface area contributed by atoms with Crippen molar-refractivity contribution < 1.29 is 24.9 Å². The van der Waals surface area contributed by atoms with E-state index in [0.29, 0.717) is 11.4 Å². The molecule has 2 aromatic carbocycles. The maximum atomic E-state index is 11.8. The van der Waals surface area contributed by atoms with E-state index in [1.54, 1.807) is 25.3 Å². The van der Waals surface area contributed by atoms with Crippen molar-refractivity contribution in [3.8, 4) is 5.75 Å². The van der Waals surface area contributed by atoms with Crippen LogP contribution in [-0.4, -0.2) is 36.9 Å². The number of aliphatic hydroxyl groups excluding tert-OH is 1. The number of hydrogen-bond donors (Lipinski definition) is 2. The van der Waals surface area contributed by atoms with E-state index in [1.165, 1.54) is 18.9 Å². The molecule has 6 nitrogen and oxygen atoms in total. The number of anilines is 1. The van der Waals surface area contributed by atoms with Crippen molar-refractivity contribution in [1.29, 1.82) is 0 Å². The highest BCUT2D eigenvalue weighted by atomic mass is 32.2. The summed E-state index contributed by atoms with van der Waals surface area (Å²) in [5.41, 5.74) is 7.33. The van der Waals surface area contributed by atoms with Crippen LogP contribution in [0.5, 0.6) is 5.75 Å².